The summed E-state index contributed by atoms with van der Waals surface area (Å²) in [6, 6.07) is 9.72. The molecule has 10 heteroatoms. The summed E-state index contributed by atoms with van der Waals surface area (Å²) in [7, 11) is 3.29. The Morgan fingerprint density at radius 3 is 2.60 bits per heavy atom. The highest BCUT2D eigenvalue weighted by Crippen LogP contribution is 2.30. The van der Waals surface area contributed by atoms with Crippen LogP contribution < -0.4 is 5.32 Å². The minimum Gasteiger partial charge on any atom is -0.357 e. The fourth-order valence-corrected chi connectivity index (χ4v) is 3.03. The van der Waals surface area contributed by atoms with Crippen LogP contribution in [0.25, 0.3) is 5.69 Å². The molecule has 0 radical (unpaired) electrons. The fraction of sp³-hybridized carbons (Fsp3) is 0.350. The van der Waals surface area contributed by atoms with Crippen molar-refractivity contribution in [2.45, 2.75) is 26.2 Å². The first-order valence-electron chi connectivity index (χ1n) is 9.46. The van der Waals surface area contributed by atoms with Crippen molar-refractivity contribution in [3.63, 3.8) is 0 Å². The number of nitrogens with zero attached hydrogens (tertiary/aromatic N) is 6. The Morgan fingerprint density at radius 2 is 1.93 bits per heavy atom. The monoisotopic (exact) mass is 419 g/mol. The summed E-state index contributed by atoms with van der Waals surface area (Å²) in [6.45, 7) is 2.87. The quantitative estimate of drug-likeness (QED) is 0.492. The molecule has 0 saturated heterocycles. The van der Waals surface area contributed by atoms with Crippen molar-refractivity contribution in [1.29, 1.82) is 0 Å². The molecule has 30 heavy (non-hydrogen) atoms. The maximum absolute atomic E-state index is 13.2. The highest BCUT2D eigenvalue weighted by Gasteiger charge is 2.36. The Morgan fingerprint density at radius 1 is 1.20 bits per heavy atom. The highest BCUT2D eigenvalue weighted by molar-refractivity contribution is 5.79. The molecule has 0 aliphatic rings. The summed E-state index contributed by atoms with van der Waals surface area (Å²) < 4.78 is 42.4. The lowest BCUT2D eigenvalue weighted by Crippen LogP contribution is -2.38. The summed E-state index contributed by atoms with van der Waals surface area (Å²) in [5.74, 6) is 0.502. The molecule has 1 aromatic carbocycles. The number of nitrogens with one attached hydrogen (secondary N) is 1. The van der Waals surface area contributed by atoms with Crippen LogP contribution in [-0.4, -0.2) is 44.0 Å². The van der Waals surface area contributed by atoms with E-state index in [0.29, 0.717) is 19.0 Å². The topological polar surface area (TPSA) is 63.3 Å². The van der Waals surface area contributed by atoms with Gasteiger partial charge in [0.2, 0.25) is 0 Å². The zero-order valence-corrected chi connectivity index (χ0v) is 17.1. The van der Waals surface area contributed by atoms with Gasteiger partial charge in [-0.2, -0.15) is 23.4 Å². The predicted molar refractivity (Wildman–Crippen MR) is 108 cm³/mol. The first kappa shape index (κ1) is 21.4. The van der Waals surface area contributed by atoms with Crippen molar-refractivity contribution in [3.8, 4) is 5.69 Å². The number of aryl methyl sites for hydroxylation is 1. The first-order valence-corrected chi connectivity index (χ1v) is 9.46. The van der Waals surface area contributed by atoms with Crippen LogP contribution in [0.5, 0.6) is 0 Å². The van der Waals surface area contributed by atoms with Gasteiger partial charge < -0.3 is 10.2 Å². The van der Waals surface area contributed by atoms with Crippen LogP contribution in [0.3, 0.4) is 0 Å². The van der Waals surface area contributed by atoms with Gasteiger partial charge in [-0.05, 0) is 19.1 Å². The molecule has 0 aliphatic heterocycles. The molecule has 0 saturated carbocycles. The molecular weight excluding hydrogens is 395 g/mol. The summed E-state index contributed by atoms with van der Waals surface area (Å²) in [5.41, 5.74) is 1.02. The van der Waals surface area contributed by atoms with Crippen LogP contribution in [-0.2, 0) is 26.3 Å². The van der Waals surface area contributed by atoms with Crippen molar-refractivity contribution in [2.24, 2.45) is 12.0 Å². The molecule has 0 fully saturated rings. The van der Waals surface area contributed by atoms with Crippen molar-refractivity contribution in [1.82, 2.24) is 29.8 Å². The summed E-state index contributed by atoms with van der Waals surface area (Å²) in [5, 5.41) is 11.0. The van der Waals surface area contributed by atoms with E-state index in [1.165, 1.54) is 13.2 Å². The Kier molecular flexibility index (Phi) is 6.43. The lowest BCUT2D eigenvalue weighted by atomic mass is 10.2. The number of hydrogen-bond acceptors (Lipinski definition) is 3. The lowest BCUT2D eigenvalue weighted by Gasteiger charge is -2.21. The van der Waals surface area contributed by atoms with E-state index in [0.717, 1.165) is 15.9 Å². The normalized spacial score (nSPS) is 12.3. The number of benzene rings is 1. The number of aromatic nitrogens is 4. The number of aliphatic imine (C=N–C) groups is 1. The molecule has 0 atom stereocenters. The van der Waals surface area contributed by atoms with E-state index < -0.39 is 11.9 Å². The molecule has 3 rings (SSSR count). The molecule has 7 nitrogen and oxygen atoms in total. The van der Waals surface area contributed by atoms with Gasteiger partial charge in [0.25, 0.3) is 0 Å². The molecule has 2 heterocycles. The van der Waals surface area contributed by atoms with Gasteiger partial charge in [0.15, 0.2) is 11.7 Å². The number of alkyl halides is 3. The average molecular weight is 419 g/mol. The van der Waals surface area contributed by atoms with Crippen LogP contribution in [0.15, 0.2) is 53.9 Å². The minimum atomic E-state index is -4.51. The third-order valence-electron chi connectivity index (χ3n) is 4.35. The molecule has 0 amide bonds. The standard InChI is InChI=1S/C20H24F3N7/c1-4-24-19(25-11-16-14-29(3)27-18(16)20(21,22)23)28(2)12-15-10-26-30(13-15)17-8-6-5-7-9-17/h5-10,13-14H,4,11-12H2,1-3H3,(H,24,25). The molecule has 3 aromatic rings. The van der Waals surface area contributed by atoms with Crippen LogP contribution in [0.1, 0.15) is 23.7 Å². The number of halogens is 3. The third-order valence-corrected chi connectivity index (χ3v) is 4.35. The lowest BCUT2D eigenvalue weighted by molar-refractivity contribution is -0.142. The second-order valence-corrected chi connectivity index (χ2v) is 6.83. The summed E-state index contributed by atoms with van der Waals surface area (Å²) in [6.07, 6.45) is 0.510. The van der Waals surface area contributed by atoms with E-state index in [9.17, 15) is 13.2 Å². The van der Waals surface area contributed by atoms with Crippen LogP contribution in [0.4, 0.5) is 13.2 Å². The van der Waals surface area contributed by atoms with Gasteiger partial charge >= 0.3 is 6.18 Å². The predicted octanol–water partition coefficient (Wildman–Crippen LogP) is 3.22. The van der Waals surface area contributed by atoms with Gasteiger partial charge in [-0.25, -0.2) is 9.67 Å². The number of hydrogen-bond donors (Lipinski definition) is 1. The molecular formula is C20H24F3N7. The van der Waals surface area contributed by atoms with E-state index in [4.69, 9.17) is 0 Å². The third kappa shape index (κ3) is 5.19. The van der Waals surface area contributed by atoms with E-state index in [1.54, 1.807) is 10.9 Å². The second-order valence-electron chi connectivity index (χ2n) is 6.83. The van der Waals surface area contributed by atoms with Crippen molar-refractivity contribution in [2.75, 3.05) is 13.6 Å². The van der Waals surface area contributed by atoms with Crippen molar-refractivity contribution < 1.29 is 13.2 Å². The van der Waals surface area contributed by atoms with Crippen LogP contribution >= 0.6 is 0 Å². The number of rotatable bonds is 6. The summed E-state index contributed by atoms with van der Waals surface area (Å²) in [4.78, 5) is 6.23. The molecule has 1 N–H and O–H groups in total. The summed E-state index contributed by atoms with van der Waals surface area (Å²) >= 11 is 0. The van der Waals surface area contributed by atoms with Gasteiger partial charge in [-0.15, -0.1) is 0 Å². The average Bonchev–Trinajstić information content (AvgIpc) is 3.32. The zero-order valence-electron chi connectivity index (χ0n) is 17.1. The van der Waals surface area contributed by atoms with E-state index >= 15 is 0 Å². The molecule has 0 unspecified atom stereocenters. The van der Waals surface area contributed by atoms with Crippen molar-refractivity contribution >= 4 is 5.96 Å². The number of guanidine groups is 1. The van der Waals surface area contributed by atoms with E-state index in [2.05, 4.69) is 20.5 Å². The fourth-order valence-electron chi connectivity index (χ4n) is 3.03. The SMILES string of the molecule is CCNC(=NCc1cn(C)nc1C(F)(F)F)N(C)Cc1cnn(-c2ccccc2)c1. The maximum Gasteiger partial charge on any atom is 0.435 e. The Balaban J connectivity index is 1.74. The van der Waals surface area contributed by atoms with Crippen molar-refractivity contribution in [3.05, 3.63) is 65.7 Å². The largest absolute Gasteiger partial charge is 0.435 e. The maximum atomic E-state index is 13.2. The van der Waals surface area contributed by atoms with Gasteiger partial charge in [-0.3, -0.25) is 4.68 Å². The van der Waals surface area contributed by atoms with Crippen LogP contribution in [0.2, 0.25) is 0 Å². The Labute approximate surface area is 172 Å². The van der Waals surface area contributed by atoms with E-state index in [-0.39, 0.29) is 12.1 Å². The molecule has 0 spiro atoms. The Bertz CT molecular complexity index is 990. The highest BCUT2D eigenvalue weighted by atomic mass is 19.4. The Hall–Kier alpha value is -3.30. The van der Waals surface area contributed by atoms with Gasteiger partial charge in [0, 0.05) is 50.7 Å². The van der Waals surface area contributed by atoms with Gasteiger partial charge in [0.05, 0.1) is 18.4 Å². The van der Waals surface area contributed by atoms with E-state index in [1.807, 2.05) is 55.4 Å². The smallest absolute Gasteiger partial charge is 0.357 e. The minimum absolute atomic E-state index is 0.0331. The second kappa shape index (κ2) is 9.02. The molecule has 0 bridgehead atoms. The van der Waals surface area contributed by atoms with Gasteiger partial charge in [-0.1, -0.05) is 18.2 Å². The molecule has 2 aromatic heterocycles. The van der Waals surface area contributed by atoms with Crippen LogP contribution in [0, 0.1) is 0 Å². The first-order chi connectivity index (χ1) is 14.3. The zero-order chi connectivity index (χ0) is 21.7. The number of para-hydroxylation sites is 1. The molecule has 160 valence electrons. The van der Waals surface area contributed by atoms with Gasteiger partial charge in [0.1, 0.15) is 0 Å². The molecule has 0 aliphatic carbocycles.